The molecule has 2 aromatic rings. The maximum absolute atomic E-state index is 4.86. The van der Waals surface area contributed by atoms with E-state index in [1.807, 2.05) is 0 Å². The van der Waals surface area contributed by atoms with Gasteiger partial charge in [0.25, 0.3) is 0 Å². The molecule has 19 heavy (non-hydrogen) atoms. The Morgan fingerprint density at radius 1 is 1.05 bits per heavy atom. The van der Waals surface area contributed by atoms with Crippen molar-refractivity contribution < 1.29 is 0 Å². The monoisotopic (exact) mass is 254 g/mol. The number of pyridine rings is 1. The maximum Gasteiger partial charge on any atom is 0.0706 e. The fraction of sp³-hybridized carbons (Fsp3) is 0.471. The molecule has 2 nitrogen and oxygen atoms in total. The SMILES string of the molecule is CNC(c1ccc2ccccc2n1)C1CCCCC1. The van der Waals surface area contributed by atoms with Gasteiger partial charge in [0.15, 0.2) is 0 Å². The summed E-state index contributed by atoms with van der Waals surface area (Å²) in [6.45, 7) is 0. The molecule has 1 aromatic heterocycles. The summed E-state index contributed by atoms with van der Waals surface area (Å²) < 4.78 is 0. The number of hydrogen-bond acceptors (Lipinski definition) is 2. The Morgan fingerprint density at radius 2 is 1.84 bits per heavy atom. The van der Waals surface area contributed by atoms with Crippen LogP contribution in [-0.2, 0) is 0 Å². The normalized spacial score (nSPS) is 18.6. The van der Waals surface area contributed by atoms with Crippen LogP contribution in [0.2, 0.25) is 0 Å². The largest absolute Gasteiger partial charge is 0.311 e. The van der Waals surface area contributed by atoms with Gasteiger partial charge in [0, 0.05) is 5.39 Å². The van der Waals surface area contributed by atoms with Gasteiger partial charge in [-0.2, -0.15) is 0 Å². The molecule has 100 valence electrons. The summed E-state index contributed by atoms with van der Waals surface area (Å²) in [5.41, 5.74) is 2.31. The molecule has 3 rings (SSSR count). The molecule has 0 bridgehead atoms. The number of fused-ring (bicyclic) bond motifs is 1. The zero-order valence-electron chi connectivity index (χ0n) is 11.6. The molecule has 0 amide bonds. The topological polar surface area (TPSA) is 24.9 Å². The van der Waals surface area contributed by atoms with Crippen molar-refractivity contribution in [1.82, 2.24) is 10.3 Å². The minimum Gasteiger partial charge on any atom is -0.311 e. The van der Waals surface area contributed by atoms with E-state index in [1.54, 1.807) is 0 Å². The number of aromatic nitrogens is 1. The standard InChI is InChI=1S/C17H22N2/c1-18-17(14-8-3-2-4-9-14)16-12-11-13-7-5-6-10-15(13)19-16/h5-7,10-12,14,17-18H,2-4,8-9H2,1H3. The van der Waals surface area contributed by atoms with Gasteiger partial charge in [0.1, 0.15) is 0 Å². The molecular weight excluding hydrogens is 232 g/mol. The Balaban J connectivity index is 1.91. The van der Waals surface area contributed by atoms with Crippen molar-refractivity contribution in [2.75, 3.05) is 7.05 Å². The number of rotatable bonds is 3. The third-order valence-corrected chi connectivity index (χ3v) is 4.37. The highest BCUT2D eigenvalue weighted by Gasteiger charge is 2.24. The lowest BCUT2D eigenvalue weighted by Gasteiger charge is -2.29. The fourth-order valence-electron chi connectivity index (χ4n) is 3.35. The van der Waals surface area contributed by atoms with E-state index in [0.717, 1.165) is 11.4 Å². The van der Waals surface area contributed by atoms with E-state index in [2.05, 4.69) is 48.8 Å². The van der Waals surface area contributed by atoms with Gasteiger partial charge in [-0.15, -0.1) is 0 Å². The molecule has 0 saturated heterocycles. The van der Waals surface area contributed by atoms with Gasteiger partial charge in [-0.25, -0.2) is 0 Å². The summed E-state index contributed by atoms with van der Waals surface area (Å²) in [6.07, 6.45) is 6.81. The van der Waals surface area contributed by atoms with Gasteiger partial charge in [-0.1, -0.05) is 43.5 Å². The first-order valence-corrected chi connectivity index (χ1v) is 7.41. The van der Waals surface area contributed by atoms with Gasteiger partial charge in [-0.05, 0) is 37.9 Å². The molecule has 1 fully saturated rings. The van der Waals surface area contributed by atoms with Gasteiger partial charge in [0.05, 0.1) is 17.3 Å². The summed E-state index contributed by atoms with van der Waals surface area (Å²) in [7, 11) is 2.07. The molecule has 0 spiro atoms. The van der Waals surface area contributed by atoms with Crippen molar-refractivity contribution in [3.63, 3.8) is 0 Å². The third kappa shape index (κ3) is 2.64. The molecule has 0 radical (unpaired) electrons. The minimum absolute atomic E-state index is 0.407. The highest BCUT2D eigenvalue weighted by molar-refractivity contribution is 5.78. The maximum atomic E-state index is 4.86. The smallest absolute Gasteiger partial charge is 0.0706 e. The zero-order valence-corrected chi connectivity index (χ0v) is 11.6. The number of nitrogens with zero attached hydrogens (tertiary/aromatic N) is 1. The zero-order chi connectivity index (χ0) is 13.1. The van der Waals surface area contributed by atoms with Crippen LogP contribution >= 0.6 is 0 Å². The van der Waals surface area contributed by atoms with Crippen molar-refractivity contribution in [3.05, 3.63) is 42.1 Å². The lowest BCUT2D eigenvalue weighted by Crippen LogP contribution is -2.27. The van der Waals surface area contributed by atoms with Crippen molar-refractivity contribution in [3.8, 4) is 0 Å². The highest BCUT2D eigenvalue weighted by atomic mass is 14.9. The van der Waals surface area contributed by atoms with Crippen LogP contribution in [0.1, 0.15) is 43.8 Å². The van der Waals surface area contributed by atoms with Gasteiger partial charge in [-0.3, -0.25) is 4.98 Å². The molecule has 2 heteroatoms. The average molecular weight is 254 g/mol. The second-order valence-electron chi connectivity index (χ2n) is 5.59. The van der Waals surface area contributed by atoms with Crippen LogP contribution in [0, 0.1) is 5.92 Å². The lowest BCUT2D eigenvalue weighted by molar-refractivity contribution is 0.278. The van der Waals surface area contributed by atoms with Crippen LogP contribution in [0.5, 0.6) is 0 Å². The van der Waals surface area contributed by atoms with E-state index in [9.17, 15) is 0 Å². The van der Waals surface area contributed by atoms with Gasteiger partial charge in [0.2, 0.25) is 0 Å². The first-order valence-electron chi connectivity index (χ1n) is 7.41. The van der Waals surface area contributed by atoms with Crippen molar-refractivity contribution in [2.45, 2.75) is 38.1 Å². The Labute approximate surface area is 115 Å². The van der Waals surface area contributed by atoms with Crippen molar-refractivity contribution >= 4 is 10.9 Å². The number of para-hydroxylation sites is 1. The predicted octanol–water partition coefficient (Wildman–Crippen LogP) is 4.08. The van der Waals surface area contributed by atoms with E-state index < -0.39 is 0 Å². The Kier molecular flexibility index (Phi) is 3.79. The predicted molar refractivity (Wildman–Crippen MR) is 80.1 cm³/mol. The second kappa shape index (κ2) is 5.70. The summed E-state index contributed by atoms with van der Waals surface area (Å²) in [5, 5.41) is 4.72. The first kappa shape index (κ1) is 12.6. The molecule has 1 aliphatic rings. The molecule has 1 heterocycles. The van der Waals surface area contributed by atoms with E-state index >= 15 is 0 Å². The number of hydrogen-bond donors (Lipinski definition) is 1. The van der Waals surface area contributed by atoms with Crippen LogP contribution in [-0.4, -0.2) is 12.0 Å². The quantitative estimate of drug-likeness (QED) is 0.893. The Morgan fingerprint density at radius 3 is 2.63 bits per heavy atom. The van der Waals surface area contributed by atoms with Gasteiger partial charge < -0.3 is 5.32 Å². The molecule has 0 aliphatic heterocycles. The van der Waals surface area contributed by atoms with E-state index in [1.165, 1.54) is 43.2 Å². The Hall–Kier alpha value is -1.41. The van der Waals surface area contributed by atoms with E-state index in [4.69, 9.17) is 4.98 Å². The molecule has 1 aromatic carbocycles. The number of nitrogens with one attached hydrogen (secondary N) is 1. The molecule has 1 N–H and O–H groups in total. The van der Waals surface area contributed by atoms with Crippen LogP contribution in [0.4, 0.5) is 0 Å². The van der Waals surface area contributed by atoms with Crippen LogP contribution in [0.3, 0.4) is 0 Å². The summed E-state index contributed by atoms with van der Waals surface area (Å²) in [5.74, 6) is 0.743. The molecule has 1 aliphatic carbocycles. The van der Waals surface area contributed by atoms with Crippen LogP contribution in [0.25, 0.3) is 10.9 Å². The lowest BCUT2D eigenvalue weighted by atomic mass is 9.82. The van der Waals surface area contributed by atoms with Crippen LogP contribution in [0.15, 0.2) is 36.4 Å². The summed E-state index contributed by atoms with van der Waals surface area (Å²) in [4.78, 5) is 4.86. The summed E-state index contributed by atoms with van der Waals surface area (Å²) in [6, 6.07) is 13.2. The first-order chi connectivity index (χ1) is 9.38. The van der Waals surface area contributed by atoms with Gasteiger partial charge >= 0.3 is 0 Å². The fourth-order valence-corrected chi connectivity index (χ4v) is 3.35. The molecule has 1 unspecified atom stereocenters. The minimum atomic E-state index is 0.407. The molecule has 1 atom stereocenters. The van der Waals surface area contributed by atoms with Crippen molar-refractivity contribution in [1.29, 1.82) is 0 Å². The Bertz CT molecular complexity index is 544. The van der Waals surface area contributed by atoms with Crippen molar-refractivity contribution in [2.24, 2.45) is 5.92 Å². The third-order valence-electron chi connectivity index (χ3n) is 4.37. The highest BCUT2D eigenvalue weighted by Crippen LogP contribution is 2.33. The summed E-state index contributed by atoms with van der Waals surface area (Å²) >= 11 is 0. The average Bonchev–Trinajstić information content (AvgIpc) is 2.49. The van der Waals surface area contributed by atoms with Crippen LogP contribution < -0.4 is 5.32 Å². The van der Waals surface area contributed by atoms with E-state index in [0.29, 0.717) is 6.04 Å². The van der Waals surface area contributed by atoms with E-state index in [-0.39, 0.29) is 0 Å². The molecule has 1 saturated carbocycles. The number of benzene rings is 1. The second-order valence-corrected chi connectivity index (χ2v) is 5.59. The molecular formula is C17H22N2.